The third kappa shape index (κ3) is 2.42. The number of carbonyl (C=O) groups is 1. The Hall–Kier alpha value is -0.780. The first-order chi connectivity index (χ1) is 7.16. The van der Waals surface area contributed by atoms with Crippen LogP contribution < -0.4 is 0 Å². The highest BCUT2D eigenvalue weighted by atomic mass is 35.5. The summed E-state index contributed by atoms with van der Waals surface area (Å²) in [5.74, 6) is 0.0527. The van der Waals surface area contributed by atoms with Crippen molar-refractivity contribution in [2.75, 3.05) is 0 Å². The molecule has 3 nitrogen and oxygen atoms in total. The van der Waals surface area contributed by atoms with Crippen molar-refractivity contribution in [2.45, 2.75) is 13.3 Å². The fraction of sp³-hybridized carbons (Fsp3) is 0.222. The molecular formula is C9H7ClN2OS2. The molecular weight excluding hydrogens is 252 g/mol. The molecule has 0 unspecified atom stereocenters. The zero-order valence-electron chi connectivity index (χ0n) is 7.86. The molecule has 0 amide bonds. The van der Waals surface area contributed by atoms with Crippen molar-refractivity contribution in [3.63, 3.8) is 0 Å². The smallest absolute Gasteiger partial charge is 0.180 e. The van der Waals surface area contributed by atoms with Crippen molar-refractivity contribution >= 4 is 40.3 Å². The fourth-order valence-electron chi connectivity index (χ4n) is 1.19. The van der Waals surface area contributed by atoms with Crippen LogP contribution in [-0.4, -0.2) is 15.4 Å². The number of rotatable bonds is 3. The average molecular weight is 259 g/mol. The van der Waals surface area contributed by atoms with Crippen LogP contribution in [0.5, 0.6) is 0 Å². The van der Waals surface area contributed by atoms with E-state index in [1.807, 2.05) is 11.4 Å². The Morgan fingerprint density at radius 3 is 2.93 bits per heavy atom. The molecule has 78 valence electrons. The monoisotopic (exact) mass is 258 g/mol. The van der Waals surface area contributed by atoms with Gasteiger partial charge in [-0.3, -0.25) is 4.79 Å². The van der Waals surface area contributed by atoms with Gasteiger partial charge < -0.3 is 0 Å². The van der Waals surface area contributed by atoms with E-state index < -0.39 is 0 Å². The van der Waals surface area contributed by atoms with E-state index in [2.05, 4.69) is 9.59 Å². The van der Waals surface area contributed by atoms with Gasteiger partial charge in [0.05, 0.1) is 10.0 Å². The molecule has 0 bridgehead atoms. The first kappa shape index (κ1) is 10.7. The van der Waals surface area contributed by atoms with E-state index in [0.717, 1.165) is 17.1 Å². The van der Waals surface area contributed by atoms with Crippen molar-refractivity contribution in [1.82, 2.24) is 9.59 Å². The molecule has 0 aliphatic carbocycles. The van der Waals surface area contributed by atoms with Crippen LogP contribution in [0.2, 0.25) is 4.34 Å². The van der Waals surface area contributed by atoms with Gasteiger partial charge in [0.25, 0.3) is 0 Å². The number of thiophene rings is 1. The van der Waals surface area contributed by atoms with E-state index in [1.54, 1.807) is 6.92 Å². The van der Waals surface area contributed by atoms with Crippen LogP contribution in [0.15, 0.2) is 11.4 Å². The summed E-state index contributed by atoms with van der Waals surface area (Å²) in [5, 5.41) is 5.70. The van der Waals surface area contributed by atoms with Crippen LogP contribution in [0, 0.1) is 6.92 Å². The molecule has 0 fully saturated rings. The molecule has 2 aromatic heterocycles. The van der Waals surface area contributed by atoms with Crippen molar-refractivity contribution in [1.29, 1.82) is 0 Å². The average Bonchev–Trinajstić information content (AvgIpc) is 2.75. The molecule has 6 heteroatoms. The van der Waals surface area contributed by atoms with Gasteiger partial charge in [-0.1, -0.05) is 16.1 Å². The lowest BCUT2D eigenvalue weighted by molar-refractivity contribution is 0.0996. The van der Waals surface area contributed by atoms with Crippen LogP contribution in [-0.2, 0) is 6.42 Å². The van der Waals surface area contributed by atoms with E-state index in [4.69, 9.17) is 11.6 Å². The zero-order chi connectivity index (χ0) is 10.8. The van der Waals surface area contributed by atoms with Gasteiger partial charge in [0.1, 0.15) is 4.88 Å². The summed E-state index contributed by atoms with van der Waals surface area (Å²) in [7, 11) is 0. The van der Waals surface area contributed by atoms with Gasteiger partial charge in [-0.2, -0.15) is 0 Å². The van der Waals surface area contributed by atoms with Gasteiger partial charge in [0, 0.05) is 6.42 Å². The molecule has 0 spiro atoms. The summed E-state index contributed by atoms with van der Waals surface area (Å²) < 4.78 is 4.44. The van der Waals surface area contributed by atoms with Crippen molar-refractivity contribution in [3.05, 3.63) is 31.9 Å². The standard InChI is InChI=1S/C9H7ClN2OS2/c1-5-9(15-12-11-5)7(13)2-6-3-8(10)14-4-6/h3-4H,2H2,1H3. The van der Waals surface area contributed by atoms with E-state index in [1.165, 1.54) is 11.3 Å². The minimum Gasteiger partial charge on any atom is -0.293 e. The minimum atomic E-state index is 0.0527. The van der Waals surface area contributed by atoms with Crippen molar-refractivity contribution < 1.29 is 4.79 Å². The SMILES string of the molecule is Cc1nnsc1C(=O)Cc1csc(Cl)c1. The van der Waals surface area contributed by atoms with Crippen LogP contribution in [0.25, 0.3) is 0 Å². The predicted octanol–water partition coefficient (Wildman–Crippen LogP) is 2.99. The molecule has 2 rings (SSSR count). The van der Waals surface area contributed by atoms with Gasteiger partial charge in [-0.15, -0.1) is 16.4 Å². The number of Topliss-reactive ketones (excluding diaryl/α,β-unsaturated/α-hetero) is 1. The molecule has 0 aliphatic rings. The van der Waals surface area contributed by atoms with Crippen LogP contribution >= 0.6 is 34.5 Å². The highest BCUT2D eigenvalue weighted by Crippen LogP contribution is 2.22. The predicted molar refractivity (Wildman–Crippen MR) is 62.0 cm³/mol. The maximum absolute atomic E-state index is 11.8. The number of aromatic nitrogens is 2. The Morgan fingerprint density at radius 1 is 1.60 bits per heavy atom. The third-order valence-electron chi connectivity index (χ3n) is 1.89. The Morgan fingerprint density at radius 2 is 2.40 bits per heavy atom. The fourth-order valence-corrected chi connectivity index (χ4v) is 2.69. The summed E-state index contributed by atoms with van der Waals surface area (Å²) >= 11 is 8.36. The lowest BCUT2D eigenvalue weighted by Crippen LogP contribution is -2.02. The topological polar surface area (TPSA) is 42.9 Å². The maximum atomic E-state index is 11.8. The molecule has 0 saturated carbocycles. The molecule has 0 atom stereocenters. The summed E-state index contributed by atoms with van der Waals surface area (Å²) in [4.78, 5) is 12.4. The Balaban J connectivity index is 2.14. The first-order valence-electron chi connectivity index (χ1n) is 4.22. The Labute approximate surface area is 99.9 Å². The van der Waals surface area contributed by atoms with Crippen molar-refractivity contribution in [3.8, 4) is 0 Å². The second kappa shape index (κ2) is 4.38. The van der Waals surface area contributed by atoms with Gasteiger partial charge >= 0.3 is 0 Å². The number of carbonyl (C=O) groups excluding carboxylic acids is 1. The molecule has 0 saturated heterocycles. The molecule has 0 aliphatic heterocycles. The maximum Gasteiger partial charge on any atom is 0.180 e. The van der Waals surface area contributed by atoms with E-state index in [-0.39, 0.29) is 5.78 Å². The van der Waals surface area contributed by atoms with Crippen molar-refractivity contribution in [2.24, 2.45) is 0 Å². The van der Waals surface area contributed by atoms with Gasteiger partial charge in [0.2, 0.25) is 0 Å². The Bertz CT molecular complexity index is 492. The van der Waals surface area contributed by atoms with Gasteiger partial charge in [-0.25, -0.2) is 0 Å². The first-order valence-corrected chi connectivity index (χ1v) is 6.25. The quantitative estimate of drug-likeness (QED) is 0.795. The molecule has 0 radical (unpaired) electrons. The molecule has 2 aromatic rings. The lowest BCUT2D eigenvalue weighted by atomic mass is 10.1. The summed E-state index contributed by atoms with van der Waals surface area (Å²) in [6, 6.07) is 1.81. The third-order valence-corrected chi connectivity index (χ3v) is 3.90. The summed E-state index contributed by atoms with van der Waals surface area (Å²) in [6.07, 6.45) is 0.369. The second-order valence-corrected chi connectivity index (χ2v) is 5.34. The number of ketones is 1. The van der Waals surface area contributed by atoms with E-state index in [0.29, 0.717) is 21.3 Å². The van der Waals surface area contributed by atoms with E-state index in [9.17, 15) is 4.79 Å². The van der Waals surface area contributed by atoms with Crippen LogP contribution in [0.3, 0.4) is 0 Å². The summed E-state index contributed by atoms with van der Waals surface area (Å²) in [6.45, 7) is 1.79. The molecule has 0 N–H and O–H groups in total. The molecule has 2 heterocycles. The Kier molecular flexibility index (Phi) is 3.14. The number of hydrogen-bond acceptors (Lipinski definition) is 5. The number of nitrogens with zero attached hydrogens (tertiary/aromatic N) is 2. The number of aryl methyl sites for hydroxylation is 1. The van der Waals surface area contributed by atoms with Crippen LogP contribution in [0.4, 0.5) is 0 Å². The lowest BCUT2D eigenvalue weighted by Gasteiger charge is -1.94. The van der Waals surface area contributed by atoms with E-state index >= 15 is 0 Å². The zero-order valence-corrected chi connectivity index (χ0v) is 10.2. The number of hydrogen-bond donors (Lipinski definition) is 0. The molecule has 0 aromatic carbocycles. The van der Waals surface area contributed by atoms with Gasteiger partial charge in [-0.05, 0) is 35.5 Å². The number of halogens is 1. The highest BCUT2D eigenvalue weighted by molar-refractivity contribution is 7.14. The highest BCUT2D eigenvalue weighted by Gasteiger charge is 2.14. The normalized spacial score (nSPS) is 10.5. The second-order valence-electron chi connectivity index (χ2n) is 3.05. The van der Waals surface area contributed by atoms with Gasteiger partial charge in [0.15, 0.2) is 5.78 Å². The summed E-state index contributed by atoms with van der Waals surface area (Å²) in [5.41, 5.74) is 1.65. The largest absolute Gasteiger partial charge is 0.293 e. The van der Waals surface area contributed by atoms with Crippen LogP contribution in [0.1, 0.15) is 20.9 Å². The molecule has 15 heavy (non-hydrogen) atoms. The minimum absolute atomic E-state index is 0.0527.